The lowest BCUT2D eigenvalue weighted by Gasteiger charge is -2.01. The highest BCUT2D eigenvalue weighted by atomic mass is 127. The van der Waals surface area contributed by atoms with Crippen molar-refractivity contribution in [3.8, 4) is 6.07 Å². The number of hydrogen-bond donors (Lipinski definition) is 1. The van der Waals surface area contributed by atoms with Gasteiger partial charge in [0, 0.05) is 8.47 Å². The van der Waals surface area contributed by atoms with Gasteiger partial charge in [-0.15, -0.1) is 12.6 Å². The molecular weight excluding hydrogens is 269 g/mol. The van der Waals surface area contributed by atoms with Crippen LogP contribution in [0.25, 0.3) is 0 Å². The fourth-order valence-electron chi connectivity index (χ4n) is 0.799. The summed E-state index contributed by atoms with van der Waals surface area (Å²) < 4.78 is 0.938. The fourth-order valence-corrected chi connectivity index (χ4v) is 1.71. The Morgan fingerprint density at radius 1 is 1.55 bits per heavy atom. The number of nitriles is 1. The van der Waals surface area contributed by atoms with Gasteiger partial charge < -0.3 is 0 Å². The molecule has 0 atom stereocenters. The quantitative estimate of drug-likeness (QED) is 0.571. The van der Waals surface area contributed by atoms with Crippen LogP contribution >= 0.6 is 35.2 Å². The summed E-state index contributed by atoms with van der Waals surface area (Å²) in [6.07, 6.45) is 0. The van der Waals surface area contributed by atoms with Gasteiger partial charge in [0.05, 0.1) is 5.56 Å². The topological polar surface area (TPSA) is 23.8 Å². The number of hydrogen-bond acceptors (Lipinski definition) is 2. The first-order valence-corrected chi connectivity index (χ1v) is 4.57. The maximum absolute atomic E-state index is 8.73. The molecule has 0 aliphatic rings. The van der Waals surface area contributed by atoms with Gasteiger partial charge in [0.25, 0.3) is 0 Å². The third-order valence-electron chi connectivity index (χ3n) is 1.44. The first-order valence-electron chi connectivity index (χ1n) is 3.05. The average molecular weight is 275 g/mol. The number of halogens is 1. The van der Waals surface area contributed by atoms with E-state index in [1.807, 2.05) is 19.1 Å². The van der Waals surface area contributed by atoms with Gasteiger partial charge in [-0.3, -0.25) is 0 Å². The van der Waals surface area contributed by atoms with Crippen LogP contribution in [0.1, 0.15) is 11.1 Å². The van der Waals surface area contributed by atoms with Crippen molar-refractivity contribution in [2.24, 2.45) is 0 Å². The molecule has 0 bridgehead atoms. The molecule has 0 aromatic heterocycles. The Balaban J connectivity index is 3.44. The van der Waals surface area contributed by atoms with Gasteiger partial charge in [-0.25, -0.2) is 0 Å². The van der Waals surface area contributed by atoms with E-state index < -0.39 is 0 Å². The lowest BCUT2D eigenvalue weighted by molar-refractivity contribution is 1.29. The van der Waals surface area contributed by atoms with E-state index >= 15 is 0 Å². The normalized spacial score (nSPS) is 9.27. The molecule has 0 fully saturated rings. The number of nitrogens with zero attached hydrogens (tertiary/aromatic N) is 1. The molecule has 1 aromatic rings. The van der Waals surface area contributed by atoms with Crippen molar-refractivity contribution in [2.45, 2.75) is 11.8 Å². The molecule has 0 aliphatic heterocycles. The Hall–Kier alpha value is -0.210. The zero-order valence-electron chi connectivity index (χ0n) is 5.93. The first-order chi connectivity index (χ1) is 5.16. The first kappa shape index (κ1) is 8.88. The zero-order chi connectivity index (χ0) is 8.43. The molecule has 0 radical (unpaired) electrons. The molecule has 0 N–H and O–H groups in total. The van der Waals surface area contributed by atoms with Gasteiger partial charge in [-0.1, -0.05) is 6.07 Å². The van der Waals surface area contributed by atoms with Gasteiger partial charge in [0.2, 0.25) is 0 Å². The Bertz CT molecular complexity index is 328. The lowest BCUT2D eigenvalue weighted by Crippen LogP contribution is -1.87. The second kappa shape index (κ2) is 3.46. The van der Waals surface area contributed by atoms with E-state index in [0.717, 1.165) is 19.6 Å². The lowest BCUT2D eigenvalue weighted by atomic mass is 10.1. The molecule has 11 heavy (non-hydrogen) atoms. The average Bonchev–Trinajstić information content (AvgIpc) is 1.99. The number of aryl methyl sites for hydroxylation is 1. The van der Waals surface area contributed by atoms with Crippen LogP contribution in [-0.4, -0.2) is 0 Å². The molecule has 0 spiro atoms. The van der Waals surface area contributed by atoms with Crippen molar-refractivity contribution in [1.29, 1.82) is 5.26 Å². The van der Waals surface area contributed by atoms with Crippen LogP contribution in [0, 0.1) is 21.8 Å². The van der Waals surface area contributed by atoms with Crippen LogP contribution in [-0.2, 0) is 0 Å². The summed E-state index contributed by atoms with van der Waals surface area (Å²) in [4.78, 5) is 0.868. The highest BCUT2D eigenvalue weighted by Gasteiger charge is 2.04. The minimum atomic E-state index is 0.734. The SMILES string of the molecule is Cc1ccc(S)c(I)c1C#N. The van der Waals surface area contributed by atoms with Gasteiger partial charge in [0.1, 0.15) is 6.07 Å². The minimum absolute atomic E-state index is 0.734. The standard InChI is InChI=1S/C8H6INS/c1-5-2-3-7(11)8(9)6(5)4-10/h2-3,11H,1H3. The molecule has 1 aromatic carbocycles. The van der Waals surface area contributed by atoms with Crippen LogP contribution < -0.4 is 0 Å². The predicted octanol–water partition coefficient (Wildman–Crippen LogP) is 2.76. The Morgan fingerprint density at radius 2 is 2.18 bits per heavy atom. The van der Waals surface area contributed by atoms with Crippen LogP contribution in [0.3, 0.4) is 0 Å². The summed E-state index contributed by atoms with van der Waals surface area (Å²) in [5.41, 5.74) is 1.74. The van der Waals surface area contributed by atoms with E-state index in [1.54, 1.807) is 0 Å². The Kier molecular flexibility index (Phi) is 2.79. The van der Waals surface area contributed by atoms with E-state index in [1.165, 1.54) is 0 Å². The molecule has 56 valence electrons. The molecule has 3 heteroatoms. The van der Waals surface area contributed by atoms with Crippen LogP contribution in [0.15, 0.2) is 17.0 Å². The summed E-state index contributed by atoms with van der Waals surface area (Å²) in [5.74, 6) is 0. The monoisotopic (exact) mass is 275 g/mol. The van der Waals surface area contributed by atoms with E-state index in [0.29, 0.717) is 0 Å². The number of benzene rings is 1. The third kappa shape index (κ3) is 1.68. The smallest absolute Gasteiger partial charge is 0.101 e. The fraction of sp³-hybridized carbons (Fsp3) is 0.125. The number of rotatable bonds is 0. The molecule has 0 heterocycles. The predicted molar refractivity (Wildman–Crippen MR) is 55.9 cm³/mol. The second-order valence-electron chi connectivity index (χ2n) is 2.20. The summed E-state index contributed by atoms with van der Waals surface area (Å²) in [6.45, 7) is 1.92. The summed E-state index contributed by atoms with van der Waals surface area (Å²) in [7, 11) is 0. The van der Waals surface area contributed by atoms with Gasteiger partial charge in [0.15, 0.2) is 0 Å². The highest BCUT2D eigenvalue weighted by molar-refractivity contribution is 14.1. The van der Waals surface area contributed by atoms with Gasteiger partial charge in [-0.05, 0) is 41.1 Å². The van der Waals surface area contributed by atoms with Crippen molar-refractivity contribution in [3.05, 3.63) is 26.8 Å². The summed E-state index contributed by atoms with van der Waals surface area (Å²) in [6, 6.07) is 5.96. The minimum Gasteiger partial charge on any atom is -0.192 e. The van der Waals surface area contributed by atoms with E-state index in [4.69, 9.17) is 5.26 Å². The largest absolute Gasteiger partial charge is 0.192 e. The Labute approximate surface area is 85.0 Å². The maximum Gasteiger partial charge on any atom is 0.101 e. The highest BCUT2D eigenvalue weighted by Crippen LogP contribution is 2.22. The molecule has 1 rings (SSSR count). The number of thiol groups is 1. The molecule has 0 unspecified atom stereocenters. The van der Waals surface area contributed by atoms with Crippen molar-refractivity contribution in [1.82, 2.24) is 0 Å². The maximum atomic E-state index is 8.73. The zero-order valence-corrected chi connectivity index (χ0v) is 8.98. The Morgan fingerprint density at radius 3 is 2.64 bits per heavy atom. The molecule has 0 amide bonds. The third-order valence-corrected chi connectivity index (χ3v) is 3.36. The van der Waals surface area contributed by atoms with Crippen LogP contribution in [0.5, 0.6) is 0 Å². The molecule has 0 aliphatic carbocycles. The van der Waals surface area contributed by atoms with Crippen molar-refractivity contribution in [3.63, 3.8) is 0 Å². The molecular formula is C8H6INS. The van der Waals surface area contributed by atoms with E-state index in [2.05, 4.69) is 41.3 Å². The van der Waals surface area contributed by atoms with Crippen LogP contribution in [0.2, 0.25) is 0 Å². The van der Waals surface area contributed by atoms with Gasteiger partial charge >= 0.3 is 0 Å². The van der Waals surface area contributed by atoms with Gasteiger partial charge in [-0.2, -0.15) is 5.26 Å². The summed E-state index contributed by atoms with van der Waals surface area (Å²) >= 11 is 6.34. The molecule has 1 nitrogen and oxygen atoms in total. The van der Waals surface area contributed by atoms with E-state index in [9.17, 15) is 0 Å². The summed E-state index contributed by atoms with van der Waals surface area (Å²) in [5, 5.41) is 8.73. The van der Waals surface area contributed by atoms with Crippen LogP contribution in [0.4, 0.5) is 0 Å². The molecule has 0 saturated heterocycles. The van der Waals surface area contributed by atoms with E-state index in [-0.39, 0.29) is 0 Å². The van der Waals surface area contributed by atoms with Crippen molar-refractivity contribution >= 4 is 35.2 Å². The van der Waals surface area contributed by atoms with Crippen molar-refractivity contribution < 1.29 is 0 Å². The second-order valence-corrected chi connectivity index (χ2v) is 3.76. The molecule has 0 saturated carbocycles. The van der Waals surface area contributed by atoms with Crippen molar-refractivity contribution in [2.75, 3.05) is 0 Å².